The van der Waals surface area contributed by atoms with Gasteiger partial charge in [-0.1, -0.05) is 18.2 Å². The minimum Gasteiger partial charge on any atom is -0.476 e. The van der Waals surface area contributed by atoms with Gasteiger partial charge in [-0.2, -0.15) is 0 Å². The molecule has 2 aromatic heterocycles. The van der Waals surface area contributed by atoms with Crippen LogP contribution in [0.15, 0.2) is 36.7 Å². The second-order valence-corrected chi connectivity index (χ2v) is 7.45. The number of hydrogen-bond donors (Lipinski definition) is 1. The fourth-order valence-electron chi connectivity index (χ4n) is 3.26. The minimum absolute atomic E-state index is 0.0701. The Labute approximate surface area is 159 Å². The molecule has 138 valence electrons. The lowest BCUT2D eigenvalue weighted by Crippen LogP contribution is -2.49. The van der Waals surface area contributed by atoms with E-state index in [0.29, 0.717) is 32.0 Å². The molecule has 1 N–H and O–H groups in total. The Hall–Kier alpha value is -3.00. The van der Waals surface area contributed by atoms with Crippen molar-refractivity contribution >= 4 is 39.1 Å². The molecule has 1 aromatic carbocycles. The third-order valence-electron chi connectivity index (χ3n) is 4.79. The number of carbonyl (C=O) groups is 2. The number of thiophene rings is 1. The van der Waals surface area contributed by atoms with Crippen LogP contribution in [0.1, 0.15) is 25.7 Å². The Bertz CT molecular complexity index is 1010. The fraction of sp³-hybridized carbons (Fsp3) is 0.263. The molecule has 0 atom stereocenters. The van der Waals surface area contributed by atoms with Crippen LogP contribution in [0, 0.1) is 6.92 Å². The lowest BCUT2D eigenvalue weighted by atomic mass is 10.1. The van der Waals surface area contributed by atoms with Gasteiger partial charge in [0.15, 0.2) is 5.69 Å². The Balaban J connectivity index is 1.46. The van der Waals surface area contributed by atoms with E-state index < -0.39 is 5.97 Å². The van der Waals surface area contributed by atoms with Crippen LogP contribution in [0.25, 0.3) is 10.1 Å². The number of fused-ring (bicyclic) bond motifs is 1. The van der Waals surface area contributed by atoms with Crippen LogP contribution in [-0.4, -0.2) is 58.0 Å². The molecule has 8 heteroatoms. The highest BCUT2D eigenvalue weighted by Gasteiger charge is 2.26. The van der Waals surface area contributed by atoms with E-state index in [9.17, 15) is 9.59 Å². The predicted octanol–water partition coefficient (Wildman–Crippen LogP) is 2.66. The fourth-order valence-corrected chi connectivity index (χ4v) is 4.43. The van der Waals surface area contributed by atoms with Crippen molar-refractivity contribution in [2.75, 3.05) is 31.1 Å². The molecule has 27 heavy (non-hydrogen) atoms. The molecule has 3 aromatic rings. The Morgan fingerprint density at radius 3 is 2.44 bits per heavy atom. The summed E-state index contributed by atoms with van der Waals surface area (Å²) in [5, 5.41) is 10.0. The van der Waals surface area contributed by atoms with Gasteiger partial charge in [-0.25, -0.2) is 14.8 Å². The first kappa shape index (κ1) is 17.4. The van der Waals surface area contributed by atoms with Crippen molar-refractivity contribution in [2.45, 2.75) is 6.92 Å². The molecule has 0 aliphatic carbocycles. The molecule has 1 saturated heterocycles. The van der Waals surface area contributed by atoms with Crippen molar-refractivity contribution in [1.29, 1.82) is 0 Å². The molecule has 7 nitrogen and oxygen atoms in total. The van der Waals surface area contributed by atoms with Crippen molar-refractivity contribution in [1.82, 2.24) is 14.9 Å². The Morgan fingerprint density at radius 1 is 1.07 bits per heavy atom. The third-order valence-corrected chi connectivity index (χ3v) is 6.05. The van der Waals surface area contributed by atoms with Gasteiger partial charge in [-0.3, -0.25) is 4.79 Å². The van der Waals surface area contributed by atoms with Crippen LogP contribution < -0.4 is 4.90 Å². The molecule has 1 amide bonds. The maximum Gasteiger partial charge on any atom is 0.356 e. The average molecular weight is 382 g/mol. The highest BCUT2D eigenvalue weighted by atomic mass is 32.1. The molecule has 3 heterocycles. The second-order valence-electron chi connectivity index (χ2n) is 6.40. The zero-order chi connectivity index (χ0) is 19.0. The van der Waals surface area contributed by atoms with E-state index in [1.54, 1.807) is 11.3 Å². The van der Waals surface area contributed by atoms with Gasteiger partial charge < -0.3 is 14.9 Å². The van der Waals surface area contributed by atoms with Gasteiger partial charge in [0.05, 0.1) is 17.3 Å². The van der Waals surface area contributed by atoms with Crippen molar-refractivity contribution < 1.29 is 14.7 Å². The number of aromatic nitrogens is 2. The van der Waals surface area contributed by atoms with Crippen molar-refractivity contribution in [3.63, 3.8) is 0 Å². The summed E-state index contributed by atoms with van der Waals surface area (Å²) in [4.78, 5) is 36.6. The van der Waals surface area contributed by atoms with Gasteiger partial charge in [0, 0.05) is 30.9 Å². The van der Waals surface area contributed by atoms with Crippen LogP contribution in [0.5, 0.6) is 0 Å². The number of rotatable bonds is 3. The smallest absolute Gasteiger partial charge is 0.356 e. The number of aryl methyl sites for hydroxylation is 1. The molecule has 1 fully saturated rings. The highest BCUT2D eigenvalue weighted by Crippen LogP contribution is 2.31. The van der Waals surface area contributed by atoms with Gasteiger partial charge in [-0.05, 0) is 23.9 Å². The largest absolute Gasteiger partial charge is 0.476 e. The van der Waals surface area contributed by atoms with Crippen molar-refractivity contribution in [3.8, 4) is 0 Å². The highest BCUT2D eigenvalue weighted by molar-refractivity contribution is 7.21. The van der Waals surface area contributed by atoms with E-state index >= 15 is 0 Å². The normalized spacial score (nSPS) is 14.6. The topological polar surface area (TPSA) is 86.6 Å². The first-order valence-corrected chi connectivity index (χ1v) is 9.44. The molecule has 0 spiro atoms. The zero-order valence-electron chi connectivity index (χ0n) is 14.8. The van der Waals surface area contributed by atoms with E-state index in [1.165, 1.54) is 12.4 Å². The molecule has 0 unspecified atom stereocenters. The number of carbonyl (C=O) groups excluding carboxylic acids is 1. The molecule has 1 aliphatic heterocycles. The van der Waals surface area contributed by atoms with Gasteiger partial charge in [0.1, 0.15) is 5.82 Å². The van der Waals surface area contributed by atoms with E-state index in [1.807, 2.05) is 34.9 Å². The molecular formula is C19H18N4O3S. The monoisotopic (exact) mass is 382 g/mol. The number of hydrogen-bond acceptors (Lipinski definition) is 6. The van der Waals surface area contributed by atoms with Gasteiger partial charge in [-0.15, -0.1) is 11.3 Å². The van der Waals surface area contributed by atoms with E-state index in [0.717, 1.165) is 20.5 Å². The maximum atomic E-state index is 13.0. The number of piperazine rings is 1. The summed E-state index contributed by atoms with van der Waals surface area (Å²) >= 11 is 1.54. The van der Waals surface area contributed by atoms with E-state index in [-0.39, 0.29) is 11.6 Å². The number of carboxylic acids is 1. The first-order chi connectivity index (χ1) is 13.0. The number of anilines is 1. The summed E-state index contributed by atoms with van der Waals surface area (Å²) < 4.78 is 1.13. The quantitative estimate of drug-likeness (QED) is 0.749. The summed E-state index contributed by atoms with van der Waals surface area (Å²) in [6.45, 7) is 4.46. The van der Waals surface area contributed by atoms with Crippen LogP contribution in [0.2, 0.25) is 0 Å². The number of carboxylic acid groups (broad SMARTS) is 1. The predicted molar refractivity (Wildman–Crippen MR) is 104 cm³/mol. The molecular weight excluding hydrogens is 364 g/mol. The standard InChI is InChI=1S/C19H18N4O3S/c1-12-13-4-2-3-5-15(13)27-17(12)18(24)23-8-6-22(7-9-23)16-11-20-14(10-21-16)19(25)26/h2-5,10-11H,6-9H2,1H3,(H,25,26). The van der Waals surface area contributed by atoms with Crippen LogP contribution >= 0.6 is 11.3 Å². The molecule has 0 radical (unpaired) electrons. The van der Waals surface area contributed by atoms with Gasteiger partial charge in [0.25, 0.3) is 5.91 Å². The Morgan fingerprint density at radius 2 is 1.81 bits per heavy atom. The van der Waals surface area contributed by atoms with Gasteiger partial charge >= 0.3 is 5.97 Å². The average Bonchev–Trinajstić information content (AvgIpc) is 3.04. The second kappa shape index (κ2) is 6.96. The summed E-state index contributed by atoms with van der Waals surface area (Å²) in [6.07, 6.45) is 2.73. The number of nitrogens with zero attached hydrogens (tertiary/aromatic N) is 4. The first-order valence-electron chi connectivity index (χ1n) is 8.62. The zero-order valence-corrected chi connectivity index (χ0v) is 15.6. The molecule has 0 bridgehead atoms. The Kier molecular flexibility index (Phi) is 4.49. The molecule has 0 saturated carbocycles. The third kappa shape index (κ3) is 3.23. The summed E-state index contributed by atoms with van der Waals surface area (Å²) in [6, 6.07) is 8.07. The number of benzene rings is 1. The SMILES string of the molecule is Cc1c(C(=O)N2CCN(c3cnc(C(=O)O)cn3)CC2)sc2ccccc12. The molecule has 1 aliphatic rings. The maximum absolute atomic E-state index is 13.0. The summed E-state index contributed by atoms with van der Waals surface area (Å²) in [5.41, 5.74) is 0.964. The van der Waals surface area contributed by atoms with Crippen molar-refractivity contribution in [3.05, 3.63) is 52.8 Å². The van der Waals surface area contributed by atoms with Crippen molar-refractivity contribution in [2.24, 2.45) is 0 Å². The summed E-state index contributed by atoms with van der Waals surface area (Å²) in [7, 11) is 0. The lowest BCUT2D eigenvalue weighted by Gasteiger charge is -2.35. The number of amides is 1. The van der Waals surface area contributed by atoms with Gasteiger partial charge in [0.2, 0.25) is 0 Å². The van der Waals surface area contributed by atoms with E-state index in [2.05, 4.69) is 16.0 Å². The number of aromatic carboxylic acids is 1. The van der Waals surface area contributed by atoms with Crippen LogP contribution in [-0.2, 0) is 0 Å². The van der Waals surface area contributed by atoms with Crippen LogP contribution in [0.4, 0.5) is 5.82 Å². The van der Waals surface area contributed by atoms with E-state index in [4.69, 9.17) is 5.11 Å². The summed E-state index contributed by atoms with van der Waals surface area (Å²) in [5.74, 6) is -0.394. The lowest BCUT2D eigenvalue weighted by molar-refractivity contribution is 0.0688. The minimum atomic E-state index is -1.09. The van der Waals surface area contributed by atoms with Crippen LogP contribution in [0.3, 0.4) is 0 Å². The molecule has 4 rings (SSSR count).